The highest BCUT2D eigenvalue weighted by molar-refractivity contribution is 7.90. The van der Waals surface area contributed by atoms with Crippen molar-refractivity contribution in [1.82, 2.24) is 9.21 Å². The highest BCUT2D eigenvalue weighted by Gasteiger charge is 2.42. The lowest BCUT2D eigenvalue weighted by atomic mass is 10.2. The number of benzene rings is 1. The molecule has 0 unspecified atom stereocenters. The van der Waals surface area contributed by atoms with E-state index in [1.807, 2.05) is 0 Å². The van der Waals surface area contributed by atoms with E-state index in [1.54, 1.807) is 14.0 Å². The number of nitrogen functional groups attached to an aromatic ring is 1. The summed E-state index contributed by atoms with van der Waals surface area (Å²) in [5.41, 5.74) is 5.84. The Labute approximate surface area is 117 Å². The van der Waals surface area contributed by atoms with Crippen LogP contribution in [-0.4, -0.2) is 49.6 Å². The van der Waals surface area contributed by atoms with E-state index in [0.717, 1.165) is 0 Å². The molecule has 2 N–H and O–H groups in total. The van der Waals surface area contributed by atoms with Gasteiger partial charge in [-0.1, -0.05) is 0 Å². The van der Waals surface area contributed by atoms with Gasteiger partial charge in [-0.25, -0.2) is 12.7 Å². The largest absolute Gasteiger partial charge is 0.399 e. The third-order valence-electron chi connectivity index (χ3n) is 3.21. The summed E-state index contributed by atoms with van der Waals surface area (Å²) in [5, 5.41) is 0. The van der Waals surface area contributed by atoms with Gasteiger partial charge in [-0.3, -0.25) is 9.59 Å². The van der Waals surface area contributed by atoms with Gasteiger partial charge in [0.1, 0.15) is 11.4 Å². The molecule has 1 aromatic rings. The van der Waals surface area contributed by atoms with Crippen LogP contribution in [0.3, 0.4) is 0 Å². The molecule has 0 aliphatic carbocycles. The average Bonchev–Trinajstić information content (AvgIpc) is 2.58. The smallest absolute Gasteiger partial charge is 0.269 e. The van der Waals surface area contributed by atoms with Crippen LogP contribution < -0.4 is 5.73 Å². The van der Waals surface area contributed by atoms with Crippen LogP contribution in [-0.2, 0) is 14.8 Å². The zero-order chi connectivity index (χ0) is 15.1. The van der Waals surface area contributed by atoms with E-state index in [4.69, 9.17) is 5.73 Å². The number of rotatable bonds is 3. The number of sulfonamides is 1. The third kappa shape index (κ3) is 2.11. The van der Waals surface area contributed by atoms with Crippen LogP contribution in [0.5, 0.6) is 0 Å². The molecule has 0 saturated heterocycles. The van der Waals surface area contributed by atoms with Gasteiger partial charge < -0.3 is 10.6 Å². The molecular weight excluding hydrogens is 282 g/mol. The molecule has 0 atom stereocenters. The Bertz CT molecular complexity index is 684. The monoisotopic (exact) mass is 297 g/mol. The third-order valence-corrected chi connectivity index (χ3v) is 4.98. The molecule has 0 saturated carbocycles. The number of amides is 2. The number of hydrogen-bond donors (Lipinski definition) is 1. The molecule has 0 spiro atoms. The fraction of sp³-hybridized carbons (Fsp3) is 0.333. The average molecular weight is 297 g/mol. The van der Waals surface area contributed by atoms with E-state index in [2.05, 4.69) is 0 Å². The Morgan fingerprint density at radius 2 is 2.05 bits per heavy atom. The molecule has 8 heteroatoms. The van der Waals surface area contributed by atoms with E-state index in [1.165, 1.54) is 23.1 Å². The van der Waals surface area contributed by atoms with Gasteiger partial charge >= 0.3 is 0 Å². The maximum Gasteiger partial charge on any atom is 0.269 e. The van der Waals surface area contributed by atoms with E-state index >= 15 is 0 Å². The van der Waals surface area contributed by atoms with Crippen molar-refractivity contribution in [2.75, 3.05) is 25.9 Å². The van der Waals surface area contributed by atoms with Gasteiger partial charge in [-0.05, 0) is 25.1 Å². The zero-order valence-electron chi connectivity index (χ0n) is 11.2. The fourth-order valence-electron chi connectivity index (χ4n) is 1.87. The van der Waals surface area contributed by atoms with Crippen LogP contribution in [0.2, 0.25) is 0 Å². The molecule has 0 fully saturated rings. The van der Waals surface area contributed by atoms with Crippen LogP contribution >= 0.6 is 0 Å². The first-order chi connectivity index (χ1) is 9.28. The summed E-state index contributed by atoms with van der Waals surface area (Å²) < 4.78 is 25.1. The van der Waals surface area contributed by atoms with Crippen LogP contribution in [0.4, 0.5) is 5.69 Å². The maximum atomic E-state index is 12.3. The molecule has 0 radical (unpaired) electrons. The summed E-state index contributed by atoms with van der Waals surface area (Å²) >= 11 is 0. The molecule has 108 valence electrons. The second-order valence-electron chi connectivity index (χ2n) is 4.48. The number of fused-ring (bicyclic) bond motifs is 1. The minimum Gasteiger partial charge on any atom is -0.399 e. The Kier molecular flexibility index (Phi) is 3.43. The lowest BCUT2D eigenvalue weighted by Gasteiger charge is -2.19. The van der Waals surface area contributed by atoms with Crippen molar-refractivity contribution in [2.45, 2.75) is 11.8 Å². The summed E-state index contributed by atoms with van der Waals surface area (Å²) in [7, 11) is -2.46. The highest BCUT2D eigenvalue weighted by atomic mass is 32.2. The Morgan fingerprint density at radius 3 is 2.65 bits per heavy atom. The van der Waals surface area contributed by atoms with Crippen molar-refractivity contribution < 1.29 is 18.0 Å². The van der Waals surface area contributed by atoms with E-state index in [-0.39, 0.29) is 16.1 Å². The number of hydrogen-bond acceptors (Lipinski definition) is 5. The van der Waals surface area contributed by atoms with Gasteiger partial charge in [0.15, 0.2) is 0 Å². The number of carbonyl (C=O) groups is 2. The van der Waals surface area contributed by atoms with Crippen molar-refractivity contribution in [3.05, 3.63) is 23.8 Å². The molecule has 2 amide bonds. The number of nitrogens with zero attached hydrogens (tertiary/aromatic N) is 2. The Morgan fingerprint density at radius 1 is 1.40 bits per heavy atom. The van der Waals surface area contributed by atoms with E-state index < -0.39 is 28.4 Å². The number of anilines is 1. The van der Waals surface area contributed by atoms with E-state index in [0.29, 0.717) is 10.8 Å². The number of nitrogens with two attached hydrogens (primary N) is 1. The van der Waals surface area contributed by atoms with E-state index in [9.17, 15) is 18.0 Å². The second-order valence-corrected chi connectivity index (χ2v) is 6.31. The molecular formula is C12H15N3O4S. The van der Waals surface area contributed by atoms with Crippen molar-refractivity contribution in [3.8, 4) is 0 Å². The van der Waals surface area contributed by atoms with Gasteiger partial charge in [0.2, 0.25) is 5.91 Å². The van der Waals surface area contributed by atoms with Gasteiger partial charge in [0.25, 0.3) is 15.9 Å². The minimum absolute atomic E-state index is 0.0474. The first kappa shape index (κ1) is 14.3. The Hall–Kier alpha value is -2.09. The molecule has 0 aromatic heterocycles. The maximum absolute atomic E-state index is 12.3. The molecule has 1 aliphatic heterocycles. The van der Waals surface area contributed by atoms with Crippen LogP contribution in [0.1, 0.15) is 17.3 Å². The lowest BCUT2D eigenvalue weighted by Crippen LogP contribution is -2.41. The first-order valence-electron chi connectivity index (χ1n) is 5.99. The quantitative estimate of drug-likeness (QED) is 0.785. The minimum atomic E-state index is -4.00. The highest BCUT2D eigenvalue weighted by Crippen LogP contribution is 2.31. The van der Waals surface area contributed by atoms with Crippen LogP contribution in [0.25, 0.3) is 0 Å². The summed E-state index contributed by atoms with van der Waals surface area (Å²) in [6.07, 6.45) is 0. The zero-order valence-corrected chi connectivity index (χ0v) is 12.0. The molecule has 1 aliphatic rings. The fourth-order valence-corrected chi connectivity index (χ4v) is 3.42. The summed E-state index contributed by atoms with van der Waals surface area (Å²) in [6.45, 7) is 1.69. The molecule has 1 aromatic carbocycles. The summed E-state index contributed by atoms with van der Waals surface area (Å²) in [4.78, 5) is 25.1. The first-order valence-corrected chi connectivity index (χ1v) is 7.43. The molecule has 20 heavy (non-hydrogen) atoms. The molecule has 7 nitrogen and oxygen atoms in total. The normalized spacial score (nSPS) is 16.1. The molecule has 0 bridgehead atoms. The van der Waals surface area contributed by atoms with Crippen molar-refractivity contribution in [3.63, 3.8) is 0 Å². The van der Waals surface area contributed by atoms with Crippen molar-refractivity contribution >= 4 is 27.5 Å². The van der Waals surface area contributed by atoms with Gasteiger partial charge in [-0.15, -0.1) is 0 Å². The number of carbonyl (C=O) groups excluding carboxylic acids is 2. The van der Waals surface area contributed by atoms with Crippen LogP contribution in [0.15, 0.2) is 23.1 Å². The van der Waals surface area contributed by atoms with Crippen molar-refractivity contribution in [1.29, 1.82) is 0 Å². The molecule has 2 rings (SSSR count). The SMILES string of the molecule is CCN(C)C(=O)CN1C(=O)c2ccc(N)cc2S1(=O)=O. The summed E-state index contributed by atoms with van der Waals surface area (Å²) in [5.74, 6) is -1.14. The predicted molar refractivity (Wildman–Crippen MR) is 72.4 cm³/mol. The topological polar surface area (TPSA) is 101 Å². The molecule has 1 heterocycles. The lowest BCUT2D eigenvalue weighted by molar-refractivity contribution is -0.129. The number of likely N-dealkylation sites (N-methyl/N-ethyl adjacent to an activating group) is 1. The summed E-state index contributed by atoms with van der Waals surface area (Å²) in [6, 6.07) is 4.05. The standard InChI is InChI=1S/C12H15N3O4S/c1-3-14(2)11(16)7-15-12(17)9-5-4-8(13)6-10(9)20(15,18)19/h4-6H,3,7,13H2,1-2H3. The van der Waals surface area contributed by atoms with Gasteiger partial charge in [0, 0.05) is 19.3 Å². The van der Waals surface area contributed by atoms with Gasteiger partial charge in [0.05, 0.1) is 5.56 Å². The second kappa shape index (κ2) is 4.78. The van der Waals surface area contributed by atoms with Crippen molar-refractivity contribution in [2.24, 2.45) is 0 Å². The predicted octanol–water partition coefficient (Wildman–Crippen LogP) is -0.108. The van der Waals surface area contributed by atoms with Gasteiger partial charge in [-0.2, -0.15) is 0 Å². The Balaban J connectivity index is 2.40. The van der Waals surface area contributed by atoms with Crippen LogP contribution in [0, 0.1) is 0 Å².